The molecule has 9 heteroatoms. The molecule has 5 atom stereocenters. The van der Waals surface area contributed by atoms with Gasteiger partial charge in [-0.1, -0.05) is 50.2 Å². The third kappa shape index (κ3) is 3.59. The number of rotatable bonds is 6. The van der Waals surface area contributed by atoms with Crippen LogP contribution >= 0.6 is 0 Å². The summed E-state index contributed by atoms with van der Waals surface area (Å²) in [5.74, 6) is 0.309. The zero-order valence-electron chi connectivity index (χ0n) is 21.8. The Morgan fingerprint density at radius 1 is 1.08 bits per heavy atom. The molecule has 8 rings (SSSR count). The normalized spacial score (nSPS) is 28.8. The number of fused-ring (bicyclic) bond motifs is 2. The largest absolute Gasteiger partial charge is 0.477 e. The number of hydrogen-bond acceptors (Lipinski definition) is 6. The number of benzene rings is 2. The summed E-state index contributed by atoms with van der Waals surface area (Å²) in [5, 5.41) is 1.72. The zero-order chi connectivity index (χ0) is 26.3. The summed E-state index contributed by atoms with van der Waals surface area (Å²) in [5.41, 5.74) is 1.84. The number of nitrogens with one attached hydrogen (secondary N) is 1. The number of hydrogen-bond donors (Lipinski definition) is 1. The molecule has 3 aliphatic carbocycles. The predicted molar refractivity (Wildman–Crippen MR) is 146 cm³/mol. The van der Waals surface area contributed by atoms with E-state index in [9.17, 15) is 8.42 Å². The van der Waals surface area contributed by atoms with Gasteiger partial charge in [-0.15, -0.1) is 0 Å². The Kier molecular flexibility index (Phi) is 5.37. The van der Waals surface area contributed by atoms with E-state index < -0.39 is 28.7 Å². The van der Waals surface area contributed by atoms with E-state index in [1.54, 1.807) is 30.7 Å². The van der Waals surface area contributed by atoms with Gasteiger partial charge in [0.1, 0.15) is 10.5 Å². The Morgan fingerprint density at radius 3 is 2.74 bits per heavy atom. The summed E-state index contributed by atoms with van der Waals surface area (Å²) in [6, 6.07) is 16.6. The lowest BCUT2D eigenvalue weighted by atomic mass is 9.43. The van der Waals surface area contributed by atoms with Crippen LogP contribution in [0.4, 0.5) is 0 Å². The molecule has 4 fully saturated rings. The van der Waals surface area contributed by atoms with Crippen molar-refractivity contribution in [3.05, 3.63) is 72.6 Å². The Balaban J connectivity index is 1.26. The maximum atomic E-state index is 13.9. The van der Waals surface area contributed by atoms with Crippen LogP contribution in [0.1, 0.15) is 39.2 Å². The van der Waals surface area contributed by atoms with Crippen LogP contribution in [-0.4, -0.2) is 38.2 Å². The molecule has 2 bridgehead atoms. The van der Waals surface area contributed by atoms with Crippen molar-refractivity contribution in [3.63, 3.8) is 0 Å². The maximum Gasteiger partial charge on any atom is 0.477 e. The third-order valence-corrected chi connectivity index (χ3v) is 11.0. The highest BCUT2D eigenvalue weighted by molar-refractivity contribution is 7.89. The molecule has 1 aliphatic heterocycles. The van der Waals surface area contributed by atoms with Crippen LogP contribution in [0.3, 0.4) is 0 Å². The molecule has 38 heavy (non-hydrogen) atoms. The van der Waals surface area contributed by atoms with Crippen LogP contribution in [0.15, 0.2) is 76.4 Å². The van der Waals surface area contributed by atoms with Gasteiger partial charge in [-0.3, -0.25) is 4.98 Å². The van der Waals surface area contributed by atoms with Crippen LogP contribution in [-0.2, 0) is 25.8 Å². The smallest absolute Gasteiger partial charge is 0.464 e. The van der Waals surface area contributed by atoms with Crippen LogP contribution in [0.5, 0.6) is 0 Å². The molecule has 196 valence electrons. The molecular weight excluding hydrogens is 499 g/mol. The average Bonchev–Trinajstić information content (AvgIpc) is 3.48. The van der Waals surface area contributed by atoms with Gasteiger partial charge in [0.25, 0.3) is 0 Å². The number of para-hydroxylation sites is 2. The fourth-order valence-electron chi connectivity index (χ4n) is 7.25. The Hall–Kier alpha value is -2.72. The van der Waals surface area contributed by atoms with Gasteiger partial charge in [0.15, 0.2) is 0 Å². The van der Waals surface area contributed by atoms with Crippen LogP contribution in [0.2, 0.25) is 0 Å². The highest BCUT2D eigenvalue weighted by Crippen LogP contribution is 2.65. The molecule has 0 spiro atoms. The highest BCUT2D eigenvalue weighted by atomic mass is 32.2. The number of sulfonamides is 1. The van der Waals surface area contributed by atoms with Crippen LogP contribution in [0, 0.1) is 17.3 Å². The summed E-state index contributed by atoms with van der Waals surface area (Å²) in [6.45, 7) is 6.78. The molecule has 3 saturated carbocycles. The predicted octanol–water partition coefficient (Wildman–Crippen LogP) is 5.14. The maximum absolute atomic E-state index is 13.9. The van der Waals surface area contributed by atoms with Gasteiger partial charge in [-0.25, -0.2) is 13.1 Å². The Morgan fingerprint density at radius 2 is 1.89 bits per heavy atom. The van der Waals surface area contributed by atoms with Crippen molar-refractivity contribution in [1.82, 2.24) is 9.71 Å². The molecule has 0 amide bonds. The summed E-state index contributed by atoms with van der Waals surface area (Å²) in [6.07, 6.45) is 5.67. The first-order valence-corrected chi connectivity index (χ1v) is 14.8. The molecule has 3 heterocycles. The van der Waals surface area contributed by atoms with Crippen LogP contribution < -0.4 is 4.72 Å². The second kappa shape index (κ2) is 8.39. The minimum Gasteiger partial charge on any atom is -0.464 e. The van der Waals surface area contributed by atoms with Gasteiger partial charge >= 0.3 is 7.12 Å². The Bertz CT molecular complexity index is 1650. The van der Waals surface area contributed by atoms with Gasteiger partial charge in [0, 0.05) is 17.0 Å². The molecule has 2 aromatic heterocycles. The molecule has 0 radical (unpaired) electrons. The molecule has 4 aromatic rings. The number of furan rings is 1. The van der Waals surface area contributed by atoms with Crippen molar-refractivity contribution in [3.8, 4) is 0 Å². The quantitative estimate of drug-likeness (QED) is 0.348. The van der Waals surface area contributed by atoms with Crippen molar-refractivity contribution < 1.29 is 22.1 Å². The van der Waals surface area contributed by atoms with E-state index in [0.717, 1.165) is 34.8 Å². The summed E-state index contributed by atoms with van der Waals surface area (Å²) in [7, 11) is -4.69. The lowest BCUT2D eigenvalue weighted by Crippen LogP contribution is -2.65. The first-order chi connectivity index (χ1) is 18.2. The molecule has 1 N–H and O–H groups in total. The van der Waals surface area contributed by atoms with E-state index in [0.29, 0.717) is 23.8 Å². The van der Waals surface area contributed by atoms with Crippen molar-refractivity contribution in [2.75, 3.05) is 0 Å². The topological polar surface area (TPSA) is 90.7 Å². The molecular formula is C29H31BN2O5S. The van der Waals surface area contributed by atoms with Crippen molar-refractivity contribution in [1.29, 1.82) is 0 Å². The first-order valence-electron chi connectivity index (χ1n) is 13.3. The van der Waals surface area contributed by atoms with Gasteiger partial charge in [0.2, 0.25) is 10.0 Å². The molecule has 0 unspecified atom stereocenters. The third-order valence-electron chi connectivity index (χ3n) is 9.49. The van der Waals surface area contributed by atoms with E-state index in [2.05, 4.69) is 30.5 Å². The van der Waals surface area contributed by atoms with Crippen molar-refractivity contribution in [2.24, 2.45) is 17.3 Å². The zero-order valence-corrected chi connectivity index (χ0v) is 22.6. The minimum absolute atomic E-state index is 0.0587. The summed E-state index contributed by atoms with van der Waals surface area (Å²) < 4.78 is 49.8. The van der Waals surface area contributed by atoms with Crippen molar-refractivity contribution in [2.45, 2.75) is 62.6 Å². The van der Waals surface area contributed by atoms with E-state index in [4.69, 9.17) is 13.7 Å². The molecule has 1 saturated heterocycles. The van der Waals surface area contributed by atoms with Gasteiger partial charge in [-0.05, 0) is 67.2 Å². The summed E-state index contributed by atoms with van der Waals surface area (Å²) >= 11 is 0. The molecule has 2 aromatic carbocycles. The van der Waals surface area contributed by atoms with E-state index in [1.807, 2.05) is 36.4 Å². The van der Waals surface area contributed by atoms with E-state index in [-0.39, 0.29) is 16.4 Å². The second-order valence-corrected chi connectivity index (χ2v) is 13.5. The van der Waals surface area contributed by atoms with Crippen molar-refractivity contribution >= 4 is 39.0 Å². The minimum atomic E-state index is -3.96. The average molecular weight is 530 g/mol. The number of pyridine rings is 1. The van der Waals surface area contributed by atoms with Gasteiger partial charge in [-0.2, -0.15) is 0 Å². The lowest BCUT2D eigenvalue weighted by Gasteiger charge is -2.64. The molecule has 4 aliphatic rings. The van der Waals surface area contributed by atoms with Gasteiger partial charge < -0.3 is 13.7 Å². The monoisotopic (exact) mass is 530 g/mol. The molecule has 7 nitrogen and oxygen atoms in total. The first kappa shape index (κ1) is 24.3. The van der Waals surface area contributed by atoms with E-state index in [1.165, 1.54) is 0 Å². The number of nitrogens with zero attached hydrogens (tertiary/aromatic N) is 1. The number of aromatic nitrogens is 1. The Labute approximate surface area is 223 Å². The standard InChI is InChI=1S/C29H31BN2O5S/c1-28(2)20-15-24(28)29(3)25(16-20)36-30(37-29)26(14-19-17-35-22-11-5-4-10-21(19)22)32-38(33,34)23-12-6-8-18-9-7-13-31-27(18)23/h4-13,17,20,24-26,32H,14-16H2,1-3H3/t20-,24-,25+,26-,29-/m0/s1. The lowest BCUT2D eigenvalue weighted by molar-refractivity contribution is -0.199. The fraction of sp³-hybridized carbons (Fsp3) is 0.414. The van der Waals surface area contributed by atoms with Crippen LogP contribution in [0.25, 0.3) is 21.9 Å². The highest BCUT2D eigenvalue weighted by Gasteiger charge is 2.68. The summed E-state index contributed by atoms with van der Waals surface area (Å²) in [4.78, 5) is 4.51. The SMILES string of the molecule is CC1(C)[C@@H]2C[C@H]3OB([C@H](Cc4coc5ccccc45)NS(=O)(=O)c4cccc5cccnc45)O[C@@]3(C)[C@H]1C2. The second-order valence-electron chi connectivity index (χ2n) is 11.9. The fourth-order valence-corrected chi connectivity index (χ4v) is 8.65. The van der Waals surface area contributed by atoms with E-state index >= 15 is 0 Å². The van der Waals surface area contributed by atoms with Gasteiger partial charge in [0.05, 0.1) is 29.4 Å².